The average molecular weight is 506 g/mol. The molecule has 0 spiro atoms. The Balaban J connectivity index is 0.00000364. The highest BCUT2D eigenvalue weighted by molar-refractivity contribution is 14.0. The molecule has 0 saturated heterocycles. The Morgan fingerprint density at radius 2 is 1.93 bits per heavy atom. The monoisotopic (exact) mass is 506 g/mol. The molecule has 0 unspecified atom stereocenters. The number of rotatable bonds is 6. The molecule has 1 aromatic heterocycles. The number of hydrogen-bond acceptors (Lipinski definition) is 4. The number of benzene rings is 1. The molecule has 8 heteroatoms. The summed E-state index contributed by atoms with van der Waals surface area (Å²) in [5, 5.41) is 6.44. The molecule has 1 aromatic carbocycles. The number of thioether (sulfide) groups is 1. The first-order chi connectivity index (χ1) is 12.3. The summed E-state index contributed by atoms with van der Waals surface area (Å²) in [6, 6.07) is 4.88. The maximum absolute atomic E-state index is 13.4. The highest BCUT2D eigenvalue weighted by Gasteiger charge is 2.19. The Morgan fingerprint density at radius 3 is 2.52 bits per heavy atom. The fraction of sp³-hybridized carbons (Fsp3) is 0.474. The maximum Gasteiger partial charge on any atom is 0.213 e. The van der Waals surface area contributed by atoms with Crippen molar-refractivity contribution in [2.75, 3.05) is 13.3 Å². The van der Waals surface area contributed by atoms with Gasteiger partial charge in [-0.15, -0.1) is 24.0 Å². The number of hydrogen-bond donors (Lipinski definition) is 2. The van der Waals surface area contributed by atoms with Gasteiger partial charge in [-0.2, -0.15) is 11.8 Å². The Kier molecular flexibility index (Phi) is 9.58. The van der Waals surface area contributed by atoms with E-state index in [1.165, 1.54) is 6.07 Å². The lowest BCUT2D eigenvalue weighted by atomic mass is 9.94. The van der Waals surface area contributed by atoms with Gasteiger partial charge in [0.05, 0.1) is 12.7 Å². The molecule has 0 bridgehead atoms. The molecular formula is C19H28FIN4OS. The summed E-state index contributed by atoms with van der Waals surface area (Å²) < 4.78 is 19.2. The molecule has 0 aliphatic carbocycles. The zero-order chi connectivity index (χ0) is 19.2. The van der Waals surface area contributed by atoms with Crippen LogP contribution in [0.4, 0.5) is 4.39 Å². The average Bonchev–Trinajstić information content (AvgIpc) is 3.06. The normalized spacial score (nSPS) is 11.9. The molecule has 150 valence electrons. The molecule has 2 rings (SSSR count). The quantitative estimate of drug-likeness (QED) is 0.344. The first kappa shape index (κ1) is 23.7. The Hall–Kier alpha value is -1.29. The SMILES string of the molecule is CN=C(NCc1ncc(C(C)(C)C)o1)NCc1ccc(F)cc1CSC.I. The summed E-state index contributed by atoms with van der Waals surface area (Å²) in [5.41, 5.74) is 1.97. The van der Waals surface area contributed by atoms with Crippen molar-refractivity contribution in [2.45, 2.75) is 45.0 Å². The van der Waals surface area contributed by atoms with Crippen molar-refractivity contribution < 1.29 is 8.81 Å². The lowest BCUT2D eigenvalue weighted by molar-refractivity contribution is 0.379. The Morgan fingerprint density at radius 1 is 1.22 bits per heavy atom. The highest BCUT2D eigenvalue weighted by Crippen LogP contribution is 2.22. The zero-order valence-corrected chi connectivity index (χ0v) is 19.6. The fourth-order valence-electron chi connectivity index (χ4n) is 2.35. The summed E-state index contributed by atoms with van der Waals surface area (Å²) in [5.74, 6) is 2.67. The minimum atomic E-state index is -0.209. The van der Waals surface area contributed by atoms with E-state index in [0.29, 0.717) is 24.9 Å². The number of nitrogens with zero attached hydrogens (tertiary/aromatic N) is 2. The van der Waals surface area contributed by atoms with Gasteiger partial charge in [0.25, 0.3) is 0 Å². The van der Waals surface area contributed by atoms with E-state index in [9.17, 15) is 4.39 Å². The van der Waals surface area contributed by atoms with Crippen molar-refractivity contribution in [3.8, 4) is 0 Å². The Bertz CT molecular complexity index is 758. The number of oxazole rings is 1. The van der Waals surface area contributed by atoms with E-state index in [0.717, 1.165) is 22.6 Å². The lowest BCUT2D eigenvalue weighted by Gasteiger charge is -2.14. The van der Waals surface area contributed by atoms with Crippen LogP contribution < -0.4 is 10.6 Å². The van der Waals surface area contributed by atoms with Crippen molar-refractivity contribution in [2.24, 2.45) is 4.99 Å². The minimum Gasteiger partial charge on any atom is -0.443 e. The van der Waals surface area contributed by atoms with Crippen LogP contribution in [0, 0.1) is 5.82 Å². The van der Waals surface area contributed by atoms with Crippen LogP contribution in [0.25, 0.3) is 0 Å². The van der Waals surface area contributed by atoms with Crippen LogP contribution in [0.1, 0.15) is 43.5 Å². The molecule has 0 aliphatic heterocycles. The van der Waals surface area contributed by atoms with Gasteiger partial charge < -0.3 is 15.1 Å². The lowest BCUT2D eigenvalue weighted by Crippen LogP contribution is -2.36. The van der Waals surface area contributed by atoms with Crippen LogP contribution in [0.5, 0.6) is 0 Å². The molecule has 1 heterocycles. The second kappa shape index (κ2) is 10.9. The van der Waals surface area contributed by atoms with Gasteiger partial charge in [0.1, 0.15) is 11.6 Å². The van der Waals surface area contributed by atoms with Crippen LogP contribution in [-0.2, 0) is 24.3 Å². The second-order valence-corrected chi connectivity index (χ2v) is 7.86. The van der Waals surface area contributed by atoms with E-state index in [1.54, 1.807) is 31.1 Å². The van der Waals surface area contributed by atoms with Crippen LogP contribution in [0.2, 0.25) is 0 Å². The molecule has 0 aliphatic rings. The van der Waals surface area contributed by atoms with Crippen molar-refractivity contribution in [1.82, 2.24) is 15.6 Å². The number of aromatic nitrogens is 1. The topological polar surface area (TPSA) is 62.5 Å². The fourth-order valence-corrected chi connectivity index (χ4v) is 2.93. The summed E-state index contributed by atoms with van der Waals surface area (Å²) in [7, 11) is 1.71. The van der Waals surface area contributed by atoms with E-state index in [1.807, 2.05) is 12.3 Å². The molecule has 0 amide bonds. The number of halogens is 2. The van der Waals surface area contributed by atoms with E-state index in [-0.39, 0.29) is 35.2 Å². The molecular weight excluding hydrogens is 478 g/mol. The number of guanidine groups is 1. The smallest absolute Gasteiger partial charge is 0.213 e. The van der Waals surface area contributed by atoms with E-state index >= 15 is 0 Å². The standard InChI is InChI=1S/C19H27FN4OS.HI/c1-19(2,3)16-10-22-17(25-16)11-24-18(21-4)23-9-13-6-7-15(20)8-14(13)12-26-5;/h6-8,10H,9,11-12H2,1-5H3,(H2,21,23,24);1H. The predicted molar refractivity (Wildman–Crippen MR) is 121 cm³/mol. The number of nitrogens with one attached hydrogen (secondary N) is 2. The first-order valence-corrected chi connectivity index (χ1v) is 9.89. The van der Waals surface area contributed by atoms with Crippen LogP contribution in [0.3, 0.4) is 0 Å². The van der Waals surface area contributed by atoms with Crippen LogP contribution in [0.15, 0.2) is 33.8 Å². The van der Waals surface area contributed by atoms with Gasteiger partial charge in [0.2, 0.25) is 5.89 Å². The van der Waals surface area contributed by atoms with Crippen molar-refractivity contribution in [3.05, 3.63) is 53.0 Å². The highest BCUT2D eigenvalue weighted by atomic mass is 127. The largest absolute Gasteiger partial charge is 0.443 e. The number of aliphatic imine (C=N–C) groups is 1. The van der Waals surface area contributed by atoms with Crippen molar-refractivity contribution in [3.63, 3.8) is 0 Å². The van der Waals surface area contributed by atoms with Crippen molar-refractivity contribution in [1.29, 1.82) is 0 Å². The van der Waals surface area contributed by atoms with Gasteiger partial charge in [0, 0.05) is 24.8 Å². The first-order valence-electron chi connectivity index (χ1n) is 8.49. The predicted octanol–water partition coefficient (Wildman–Crippen LogP) is 4.46. The molecule has 0 radical (unpaired) electrons. The molecule has 0 saturated carbocycles. The van der Waals surface area contributed by atoms with Gasteiger partial charge >= 0.3 is 0 Å². The third kappa shape index (κ3) is 7.33. The molecule has 0 fully saturated rings. The second-order valence-electron chi connectivity index (χ2n) is 6.99. The molecule has 2 aromatic rings. The molecule has 5 nitrogen and oxygen atoms in total. The van der Waals surface area contributed by atoms with Gasteiger partial charge in [-0.3, -0.25) is 4.99 Å². The van der Waals surface area contributed by atoms with E-state index in [4.69, 9.17) is 4.42 Å². The van der Waals surface area contributed by atoms with Gasteiger partial charge in [-0.25, -0.2) is 9.37 Å². The molecule has 2 N–H and O–H groups in total. The maximum atomic E-state index is 13.4. The molecule has 0 atom stereocenters. The van der Waals surface area contributed by atoms with E-state index in [2.05, 4.69) is 41.4 Å². The van der Waals surface area contributed by atoms with Gasteiger partial charge in [-0.05, 0) is 29.5 Å². The minimum absolute atomic E-state index is 0. The zero-order valence-electron chi connectivity index (χ0n) is 16.4. The third-order valence-electron chi connectivity index (χ3n) is 3.84. The van der Waals surface area contributed by atoms with Crippen LogP contribution in [-0.4, -0.2) is 24.2 Å². The summed E-state index contributed by atoms with van der Waals surface area (Å²) in [6.07, 6.45) is 3.77. The Labute approximate surface area is 182 Å². The van der Waals surface area contributed by atoms with Gasteiger partial charge in [-0.1, -0.05) is 26.8 Å². The summed E-state index contributed by atoms with van der Waals surface area (Å²) >= 11 is 1.67. The summed E-state index contributed by atoms with van der Waals surface area (Å²) in [6.45, 7) is 7.26. The third-order valence-corrected chi connectivity index (χ3v) is 4.44. The molecule has 27 heavy (non-hydrogen) atoms. The van der Waals surface area contributed by atoms with E-state index < -0.39 is 0 Å². The van der Waals surface area contributed by atoms with Crippen LogP contribution >= 0.6 is 35.7 Å². The van der Waals surface area contributed by atoms with Crippen molar-refractivity contribution >= 4 is 41.7 Å². The van der Waals surface area contributed by atoms with Gasteiger partial charge in [0.15, 0.2) is 5.96 Å². The summed E-state index contributed by atoms with van der Waals surface area (Å²) in [4.78, 5) is 8.51.